The van der Waals surface area contributed by atoms with Gasteiger partial charge in [-0.15, -0.1) is 0 Å². The molecule has 1 saturated carbocycles. The van der Waals surface area contributed by atoms with Crippen LogP contribution < -0.4 is 9.47 Å². The van der Waals surface area contributed by atoms with Crippen molar-refractivity contribution in [2.75, 3.05) is 13.2 Å². The van der Waals surface area contributed by atoms with Crippen molar-refractivity contribution in [2.24, 2.45) is 0 Å². The molecule has 12 nitrogen and oxygen atoms in total. The Bertz CT molecular complexity index is 1360. The van der Waals surface area contributed by atoms with Crippen molar-refractivity contribution >= 4 is 23.3 Å². The zero-order valence-corrected chi connectivity index (χ0v) is 25.0. The maximum Gasteiger partial charge on any atom is 0.336 e. The predicted molar refractivity (Wildman–Crippen MR) is 162 cm³/mol. The molecule has 12 heteroatoms. The normalized spacial score (nSPS) is 12.9. The van der Waals surface area contributed by atoms with Crippen LogP contribution in [0.5, 0.6) is 11.5 Å². The van der Waals surface area contributed by atoms with Gasteiger partial charge in [0.1, 0.15) is 13.2 Å². The van der Waals surface area contributed by atoms with Crippen LogP contribution in [0.3, 0.4) is 0 Å². The molecule has 0 atom stereocenters. The standard InChI is InChI=1S/C20H28N2O4.C11H11NO5/c1-5-11-26-19-12-15(4)17(13-18(19)22(24)25)20(23)21(14(2)3)16-9-7-6-8-10-16;1-3-4-17-10-5-7(2)8(11(13)14)6-9(10)12(15)16/h5,12-14,16H,1,6-11H2,2-4H3;3,5-6H,1,4H2,2H3,(H,13,14). The summed E-state index contributed by atoms with van der Waals surface area (Å²) in [6.45, 7) is 14.6. The number of ether oxygens (including phenoxy) is 2. The molecule has 0 radical (unpaired) electrons. The Morgan fingerprint density at radius 1 is 0.907 bits per heavy atom. The maximum atomic E-state index is 13.3. The minimum atomic E-state index is -1.21. The van der Waals surface area contributed by atoms with E-state index < -0.39 is 15.8 Å². The molecule has 0 aliphatic heterocycles. The van der Waals surface area contributed by atoms with Crippen molar-refractivity contribution in [3.8, 4) is 11.5 Å². The molecule has 0 bridgehead atoms. The van der Waals surface area contributed by atoms with Crippen LogP contribution in [0.25, 0.3) is 0 Å². The van der Waals surface area contributed by atoms with Crippen molar-refractivity contribution in [1.29, 1.82) is 0 Å². The number of hydrogen-bond donors (Lipinski definition) is 1. The van der Waals surface area contributed by atoms with Crippen LogP contribution in [-0.2, 0) is 0 Å². The van der Waals surface area contributed by atoms with Gasteiger partial charge in [0.25, 0.3) is 5.91 Å². The molecule has 2 aromatic rings. The molecule has 0 unspecified atom stereocenters. The van der Waals surface area contributed by atoms with Crippen LogP contribution in [-0.4, -0.2) is 57.0 Å². The summed E-state index contributed by atoms with van der Waals surface area (Å²) in [6, 6.07) is 5.51. The Balaban J connectivity index is 0.000000329. The van der Waals surface area contributed by atoms with Crippen molar-refractivity contribution < 1.29 is 34.0 Å². The molecule has 1 fully saturated rings. The fraction of sp³-hybridized carbons (Fsp3) is 0.419. The average Bonchev–Trinajstić information content (AvgIpc) is 2.95. The molecule has 232 valence electrons. The summed E-state index contributed by atoms with van der Waals surface area (Å²) < 4.78 is 10.5. The summed E-state index contributed by atoms with van der Waals surface area (Å²) in [5.74, 6) is -1.14. The Kier molecular flexibility index (Phi) is 12.9. The van der Waals surface area contributed by atoms with E-state index in [1.54, 1.807) is 19.9 Å². The van der Waals surface area contributed by atoms with E-state index in [-0.39, 0.29) is 59.6 Å². The number of nitrogens with zero attached hydrogens (tertiary/aromatic N) is 3. The molecule has 1 amide bonds. The zero-order chi connectivity index (χ0) is 32.3. The second-order valence-corrected chi connectivity index (χ2v) is 10.4. The third-order valence-electron chi connectivity index (χ3n) is 6.94. The van der Waals surface area contributed by atoms with Crippen LogP contribution in [0.4, 0.5) is 11.4 Å². The molecule has 0 saturated heterocycles. The lowest BCUT2D eigenvalue weighted by Gasteiger charge is -2.37. The first-order chi connectivity index (χ1) is 20.3. The Morgan fingerprint density at radius 3 is 1.74 bits per heavy atom. The lowest BCUT2D eigenvalue weighted by atomic mass is 9.92. The summed E-state index contributed by atoms with van der Waals surface area (Å²) in [6.07, 6.45) is 8.41. The molecule has 2 aromatic carbocycles. The van der Waals surface area contributed by atoms with Gasteiger partial charge < -0.3 is 19.5 Å². The SMILES string of the molecule is C=CCOc1cc(C)c(C(=O)N(C(C)C)C2CCCCC2)cc1[N+](=O)[O-].C=CCOc1cc(C)c(C(=O)O)cc1[N+](=O)[O-]. The first kappa shape index (κ1) is 34.5. The third kappa shape index (κ3) is 9.12. The van der Waals surface area contributed by atoms with E-state index in [9.17, 15) is 29.8 Å². The van der Waals surface area contributed by atoms with E-state index in [4.69, 9.17) is 14.6 Å². The molecule has 0 heterocycles. The highest BCUT2D eigenvalue weighted by atomic mass is 16.6. The van der Waals surface area contributed by atoms with E-state index in [1.807, 2.05) is 18.7 Å². The van der Waals surface area contributed by atoms with Crippen LogP contribution in [0.1, 0.15) is 77.8 Å². The highest BCUT2D eigenvalue weighted by Gasteiger charge is 2.31. The van der Waals surface area contributed by atoms with Gasteiger partial charge in [-0.25, -0.2) is 4.79 Å². The van der Waals surface area contributed by atoms with Gasteiger partial charge in [0.2, 0.25) is 0 Å². The fourth-order valence-corrected chi connectivity index (χ4v) is 4.94. The summed E-state index contributed by atoms with van der Waals surface area (Å²) in [4.78, 5) is 47.0. The highest BCUT2D eigenvalue weighted by molar-refractivity contribution is 5.97. The number of carboxylic acids is 1. The van der Waals surface area contributed by atoms with Gasteiger partial charge in [-0.2, -0.15) is 0 Å². The Morgan fingerprint density at radius 2 is 1.35 bits per heavy atom. The first-order valence-electron chi connectivity index (χ1n) is 13.9. The van der Waals surface area contributed by atoms with Gasteiger partial charge in [0.05, 0.1) is 15.4 Å². The smallest absolute Gasteiger partial charge is 0.336 e. The number of aromatic carboxylic acids is 1. The van der Waals surface area contributed by atoms with Gasteiger partial charge in [0, 0.05) is 29.8 Å². The molecule has 1 aliphatic carbocycles. The Labute approximate surface area is 250 Å². The number of aryl methyl sites for hydroxylation is 2. The first-order valence-corrected chi connectivity index (χ1v) is 13.9. The van der Waals surface area contributed by atoms with Crippen molar-refractivity contribution in [2.45, 2.75) is 71.9 Å². The monoisotopic (exact) mass is 597 g/mol. The minimum Gasteiger partial charge on any atom is -0.483 e. The molecular weight excluding hydrogens is 558 g/mol. The summed E-state index contributed by atoms with van der Waals surface area (Å²) in [5.41, 5.74) is 0.802. The summed E-state index contributed by atoms with van der Waals surface area (Å²) in [5, 5.41) is 31.1. The molecule has 0 aromatic heterocycles. The highest BCUT2D eigenvalue weighted by Crippen LogP contribution is 2.33. The summed E-state index contributed by atoms with van der Waals surface area (Å²) in [7, 11) is 0. The number of nitro groups is 2. The van der Waals surface area contributed by atoms with E-state index in [1.165, 1.54) is 30.7 Å². The quantitative estimate of drug-likeness (QED) is 0.157. The zero-order valence-electron chi connectivity index (χ0n) is 25.0. The van der Waals surface area contributed by atoms with Crippen LogP contribution in [0, 0.1) is 34.1 Å². The number of benzene rings is 2. The van der Waals surface area contributed by atoms with Crippen molar-refractivity contribution in [3.05, 3.63) is 92.1 Å². The van der Waals surface area contributed by atoms with Gasteiger partial charge in [-0.3, -0.25) is 25.0 Å². The second kappa shape index (κ2) is 16.0. The van der Waals surface area contributed by atoms with Crippen molar-refractivity contribution in [1.82, 2.24) is 4.90 Å². The topological polar surface area (TPSA) is 162 Å². The van der Waals surface area contributed by atoms with Crippen LogP contribution in [0.15, 0.2) is 49.6 Å². The lowest BCUT2D eigenvalue weighted by molar-refractivity contribution is -0.386. The molecular formula is C31H39N3O9. The molecule has 3 rings (SSSR count). The van der Waals surface area contributed by atoms with E-state index in [2.05, 4.69) is 13.2 Å². The lowest BCUT2D eigenvalue weighted by Crippen LogP contribution is -2.46. The largest absolute Gasteiger partial charge is 0.483 e. The second-order valence-electron chi connectivity index (χ2n) is 10.4. The number of carboxylic acid groups (broad SMARTS) is 1. The minimum absolute atomic E-state index is 0.0393. The number of nitro benzene ring substituents is 2. The van der Waals surface area contributed by atoms with Gasteiger partial charge >= 0.3 is 17.3 Å². The number of hydrogen-bond acceptors (Lipinski definition) is 8. The van der Waals surface area contributed by atoms with E-state index >= 15 is 0 Å². The van der Waals surface area contributed by atoms with Gasteiger partial charge in [0.15, 0.2) is 11.5 Å². The number of carbonyl (C=O) groups excluding carboxylic acids is 1. The third-order valence-corrected chi connectivity index (χ3v) is 6.94. The van der Waals surface area contributed by atoms with Gasteiger partial charge in [-0.05, 0) is 63.8 Å². The maximum absolute atomic E-state index is 13.3. The van der Waals surface area contributed by atoms with Crippen LogP contribution >= 0.6 is 0 Å². The van der Waals surface area contributed by atoms with Crippen molar-refractivity contribution in [3.63, 3.8) is 0 Å². The van der Waals surface area contributed by atoms with E-state index in [0.717, 1.165) is 31.7 Å². The average molecular weight is 598 g/mol. The molecule has 1 aliphatic rings. The summed E-state index contributed by atoms with van der Waals surface area (Å²) >= 11 is 0. The van der Waals surface area contributed by atoms with Crippen LogP contribution in [0.2, 0.25) is 0 Å². The Hall–Kier alpha value is -4.74. The predicted octanol–water partition coefficient (Wildman–Crippen LogP) is 6.82. The number of rotatable bonds is 12. The molecule has 0 spiro atoms. The number of amides is 1. The molecule has 43 heavy (non-hydrogen) atoms. The van der Waals surface area contributed by atoms with Gasteiger partial charge in [-0.1, -0.05) is 44.6 Å². The fourth-order valence-electron chi connectivity index (χ4n) is 4.94. The molecule has 1 N–H and O–H groups in total. The number of carbonyl (C=O) groups is 2. The van der Waals surface area contributed by atoms with E-state index in [0.29, 0.717) is 16.7 Å².